The molecular formula is C24H33N3O2. The fraction of sp³-hybridized carbons (Fsp3) is 0.792. The maximum atomic E-state index is 13.0. The van der Waals surface area contributed by atoms with E-state index in [9.17, 15) is 9.90 Å². The van der Waals surface area contributed by atoms with Crippen LogP contribution in [0, 0.1) is 52.3 Å². The van der Waals surface area contributed by atoms with Gasteiger partial charge in [-0.05, 0) is 93.3 Å². The van der Waals surface area contributed by atoms with Gasteiger partial charge in [0.25, 0.3) is 0 Å². The normalized spacial score (nSPS) is 45.9. The van der Waals surface area contributed by atoms with Crippen molar-refractivity contribution in [2.75, 3.05) is 0 Å². The van der Waals surface area contributed by atoms with Crippen LogP contribution in [0.1, 0.15) is 70.8 Å². The van der Waals surface area contributed by atoms with Crippen molar-refractivity contribution in [3.63, 3.8) is 0 Å². The van der Waals surface area contributed by atoms with Crippen LogP contribution in [0.5, 0.6) is 0 Å². The van der Waals surface area contributed by atoms with Crippen LogP contribution in [0.3, 0.4) is 0 Å². The Balaban J connectivity index is 1.26. The summed E-state index contributed by atoms with van der Waals surface area (Å²) in [6, 6.07) is 2.08. The molecule has 1 heterocycles. The number of carbonyl (C=O) groups excluding carboxylic acids is 1. The topological polar surface area (TPSA) is 78.9 Å². The van der Waals surface area contributed by atoms with Gasteiger partial charge in [0.1, 0.15) is 6.07 Å². The molecule has 0 bridgehead atoms. The van der Waals surface area contributed by atoms with Gasteiger partial charge in [0.2, 0.25) is 0 Å². The van der Waals surface area contributed by atoms with Crippen LogP contribution in [-0.4, -0.2) is 26.3 Å². The lowest BCUT2D eigenvalue weighted by molar-refractivity contribution is -0.177. The van der Waals surface area contributed by atoms with Crippen molar-refractivity contribution in [2.45, 2.75) is 77.4 Å². The van der Waals surface area contributed by atoms with Crippen LogP contribution < -0.4 is 0 Å². The van der Waals surface area contributed by atoms with Crippen LogP contribution in [-0.2, 0) is 11.3 Å². The Morgan fingerprint density at radius 2 is 2.03 bits per heavy atom. The highest BCUT2D eigenvalue weighted by molar-refractivity contribution is 5.82. The van der Waals surface area contributed by atoms with Gasteiger partial charge in [0.05, 0.1) is 23.9 Å². The van der Waals surface area contributed by atoms with E-state index in [0.717, 1.165) is 43.4 Å². The summed E-state index contributed by atoms with van der Waals surface area (Å²) < 4.78 is 1.63. The maximum Gasteiger partial charge on any atom is 0.157 e. The van der Waals surface area contributed by atoms with Gasteiger partial charge < -0.3 is 5.11 Å². The highest BCUT2D eigenvalue weighted by atomic mass is 16.3. The number of carbonyl (C=O) groups is 1. The Kier molecular flexibility index (Phi) is 4.44. The Morgan fingerprint density at radius 1 is 1.24 bits per heavy atom. The molecule has 0 aromatic carbocycles. The van der Waals surface area contributed by atoms with Gasteiger partial charge in [-0.1, -0.05) is 6.92 Å². The second kappa shape index (κ2) is 6.67. The third-order valence-corrected chi connectivity index (χ3v) is 9.43. The Bertz CT molecular complexity index is 853. The maximum absolute atomic E-state index is 13.0. The van der Waals surface area contributed by atoms with Crippen molar-refractivity contribution >= 4 is 5.78 Å². The van der Waals surface area contributed by atoms with Crippen LogP contribution in [0.4, 0.5) is 0 Å². The first-order valence-electron chi connectivity index (χ1n) is 11.5. The quantitative estimate of drug-likeness (QED) is 0.840. The lowest BCUT2D eigenvalue weighted by Crippen LogP contribution is -2.60. The minimum atomic E-state index is -0.455. The number of fused-ring (bicyclic) bond motifs is 5. The van der Waals surface area contributed by atoms with Gasteiger partial charge in [-0.2, -0.15) is 10.4 Å². The molecule has 0 amide bonds. The van der Waals surface area contributed by atoms with Gasteiger partial charge in [-0.25, -0.2) is 0 Å². The molecule has 5 nitrogen and oxygen atoms in total. The Hall–Kier alpha value is -1.67. The first kappa shape index (κ1) is 19.3. The molecule has 5 heteroatoms. The molecular weight excluding hydrogens is 362 g/mol. The van der Waals surface area contributed by atoms with E-state index < -0.39 is 5.60 Å². The van der Waals surface area contributed by atoms with E-state index in [0.29, 0.717) is 23.9 Å². The van der Waals surface area contributed by atoms with E-state index >= 15 is 0 Å². The molecule has 4 saturated carbocycles. The fourth-order valence-electron chi connectivity index (χ4n) is 7.95. The smallest absolute Gasteiger partial charge is 0.157 e. The Morgan fingerprint density at radius 3 is 2.79 bits per heavy atom. The van der Waals surface area contributed by atoms with Gasteiger partial charge >= 0.3 is 0 Å². The third kappa shape index (κ3) is 3.06. The molecule has 1 aromatic heterocycles. The summed E-state index contributed by atoms with van der Waals surface area (Å²) in [5.41, 5.74) is 0.207. The van der Waals surface area contributed by atoms with Gasteiger partial charge in [-0.3, -0.25) is 9.48 Å². The SMILES string of the molecule is C[C@@]1(O)CC[C@H]2[C@H](CC[C@@H]3[C@@H]2CC[C@]2(C)[C@H](C(=O)Cn4cc(C#N)cn4)C[C@@H]32)C1. The largest absolute Gasteiger partial charge is 0.390 e. The molecule has 4 aliphatic rings. The number of aliphatic hydroxyl groups is 1. The molecule has 0 spiro atoms. The third-order valence-electron chi connectivity index (χ3n) is 9.43. The van der Waals surface area contributed by atoms with Crippen molar-refractivity contribution in [1.82, 2.24) is 9.78 Å². The summed E-state index contributed by atoms with van der Waals surface area (Å²) in [5.74, 6) is 4.20. The van der Waals surface area contributed by atoms with Crippen LogP contribution in [0.15, 0.2) is 12.4 Å². The zero-order chi connectivity index (χ0) is 20.4. The zero-order valence-electron chi connectivity index (χ0n) is 17.7. The van der Waals surface area contributed by atoms with Crippen molar-refractivity contribution in [1.29, 1.82) is 5.26 Å². The molecule has 0 unspecified atom stereocenters. The van der Waals surface area contributed by atoms with Crippen LogP contribution in [0.2, 0.25) is 0 Å². The number of Topliss-reactive ketones (excluding diaryl/α,β-unsaturated/α-hetero) is 1. The van der Waals surface area contributed by atoms with Crippen molar-refractivity contribution in [3.05, 3.63) is 18.0 Å². The molecule has 4 fully saturated rings. The minimum absolute atomic E-state index is 0.146. The predicted octanol–water partition coefficient (Wildman–Crippen LogP) is 3.95. The summed E-state index contributed by atoms with van der Waals surface area (Å²) in [7, 11) is 0. The summed E-state index contributed by atoms with van der Waals surface area (Å²) in [6.07, 6.45) is 12.3. The first-order valence-corrected chi connectivity index (χ1v) is 11.5. The van der Waals surface area contributed by atoms with Gasteiger partial charge in [-0.15, -0.1) is 0 Å². The average Bonchev–Trinajstić information content (AvgIpc) is 3.11. The lowest BCUT2D eigenvalue weighted by atomic mass is 9.39. The van der Waals surface area contributed by atoms with Crippen molar-refractivity contribution < 1.29 is 9.90 Å². The molecule has 0 saturated heterocycles. The molecule has 1 N–H and O–H groups in total. The van der Waals surface area contributed by atoms with E-state index in [4.69, 9.17) is 5.26 Å². The van der Waals surface area contributed by atoms with E-state index in [1.165, 1.54) is 31.9 Å². The second-order valence-corrected chi connectivity index (χ2v) is 11.0. The van der Waals surface area contributed by atoms with Gasteiger partial charge in [0, 0.05) is 12.1 Å². The standard InChI is InChI=1S/C24H33N3O2/c1-23(29)7-5-17-16(10-23)3-4-19-18(17)6-8-24(2)20(19)9-21(24)22(28)14-27-13-15(11-25)12-26-27/h12-13,16-21,29H,3-10,14H2,1-2H3/t16-,17+,18-,19-,20+,21+,23-,24+/m1/s1. The number of rotatable bonds is 3. The van der Waals surface area contributed by atoms with E-state index in [1.54, 1.807) is 10.9 Å². The molecule has 29 heavy (non-hydrogen) atoms. The predicted molar refractivity (Wildman–Crippen MR) is 109 cm³/mol. The summed E-state index contributed by atoms with van der Waals surface area (Å²) >= 11 is 0. The molecule has 4 aliphatic carbocycles. The Labute approximate surface area is 173 Å². The zero-order valence-corrected chi connectivity index (χ0v) is 17.7. The molecule has 8 atom stereocenters. The molecule has 5 rings (SSSR count). The lowest BCUT2D eigenvalue weighted by Gasteiger charge is -2.65. The molecule has 156 valence electrons. The second-order valence-electron chi connectivity index (χ2n) is 11.0. The van der Waals surface area contributed by atoms with Gasteiger partial charge in [0.15, 0.2) is 5.78 Å². The van der Waals surface area contributed by atoms with E-state index in [-0.39, 0.29) is 17.1 Å². The molecule has 0 aliphatic heterocycles. The summed E-state index contributed by atoms with van der Waals surface area (Å²) in [6.45, 7) is 4.68. The van der Waals surface area contributed by atoms with Crippen LogP contribution >= 0.6 is 0 Å². The number of aromatic nitrogens is 2. The van der Waals surface area contributed by atoms with E-state index in [2.05, 4.69) is 18.1 Å². The van der Waals surface area contributed by atoms with Crippen molar-refractivity contribution in [2.24, 2.45) is 40.9 Å². The fourth-order valence-corrected chi connectivity index (χ4v) is 7.95. The molecule has 1 aromatic rings. The monoisotopic (exact) mass is 395 g/mol. The minimum Gasteiger partial charge on any atom is -0.390 e. The highest BCUT2D eigenvalue weighted by Crippen LogP contribution is 2.67. The molecule has 0 radical (unpaired) electrons. The number of hydrogen-bond donors (Lipinski definition) is 1. The average molecular weight is 396 g/mol. The summed E-state index contributed by atoms with van der Waals surface area (Å²) in [5, 5.41) is 23.7. The van der Waals surface area contributed by atoms with E-state index in [1.807, 2.05) is 6.92 Å². The summed E-state index contributed by atoms with van der Waals surface area (Å²) in [4.78, 5) is 13.0. The number of nitrogens with zero attached hydrogens (tertiary/aromatic N) is 3. The number of hydrogen-bond acceptors (Lipinski definition) is 4. The first-order chi connectivity index (χ1) is 13.8. The van der Waals surface area contributed by atoms with Crippen LogP contribution in [0.25, 0.3) is 0 Å². The van der Waals surface area contributed by atoms with Crippen molar-refractivity contribution in [3.8, 4) is 6.07 Å². The highest BCUT2D eigenvalue weighted by Gasteiger charge is 2.62. The number of ketones is 1. The number of nitriles is 1.